The zero-order chi connectivity index (χ0) is 18.5. The molecule has 4 rings (SSSR count). The number of piperidine rings is 1. The summed E-state index contributed by atoms with van der Waals surface area (Å²) in [5.74, 6) is -0.204. The summed E-state index contributed by atoms with van der Waals surface area (Å²) in [5.41, 5.74) is 4.51. The number of benzene rings is 1. The molecule has 1 fully saturated rings. The molecule has 0 radical (unpaired) electrons. The van der Waals surface area contributed by atoms with Crippen molar-refractivity contribution >= 4 is 0 Å². The highest BCUT2D eigenvalue weighted by Crippen LogP contribution is 2.33. The molecule has 0 saturated carbocycles. The molecule has 0 bridgehead atoms. The fraction of sp³-hybridized carbons (Fsp3) is 0.348. The molecule has 4 heteroatoms. The summed E-state index contributed by atoms with van der Waals surface area (Å²) in [5, 5.41) is 0. The lowest BCUT2D eigenvalue weighted by Gasteiger charge is -2.26. The first-order chi connectivity index (χ1) is 13.3. The zero-order valence-corrected chi connectivity index (χ0v) is 15.6. The molecule has 1 aliphatic heterocycles. The van der Waals surface area contributed by atoms with Crippen LogP contribution >= 0.6 is 0 Å². The summed E-state index contributed by atoms with van der Waals surface area (Å²) in [4.78, 5) is 6.74. The number of rotatable bonds is 6. The van der Waals surface area contributed by atoms with Crippen LogP contribution in [0.25, 0.3) is 22.4 Å². The molecule has 0 unspecified atom stereocenters. The Morgan fingerprint density at radius 2 is 1.56 bits per heavy atom. The second-order valence-electron chi connectivity index (χ2n) is 7.27. The van der Waals surface area contributed by atoms with E-state index in [4.69, 9.17) is 0 Å². The van der Waals surface area contributed by atoms with Gasteiger partial charge in [0.2, 0.25) is 0 Å². The van der Waals surface area contributed by atoms with Crippen molar-refractivity contribution in [3.8, 4) is 22.4 Å². The standard InChI is InChI=1S/C23H26FN3/c24-21-7-5-19(6-8-21)22-11-18-27(23(22)20-9-12-25-13-10-20)17-4-16-26-14-2-1-3-15-26/h5-13,18H,1-4,14-17H2. The molecule has 27 heavy (non-hydrogen) atoms. The lowest BCUT2D eigenvalue weighted by atomic mass is 10.0. The van der Waals surface area contributed by atoms with Crippen LogP contribution in [0.1, 0.15) is 25.7 Å². The fourth-order valence-corrected chi connectivity index (χ4v) is 4.00. The molecule has 3 aromatic rings. The van der Waals surface area contributed by atoms with E-state index in [1.807, 2.05) is 36.7 Å². The Bertz CT molecular complexity index is 849. The Labute approximate surface area is 160 Å². The van der Waals surface area contributed by atoms with E-state index in [-0.39, 0.29) is 5.82 Å². The van der Waals surface area contributed by atoms with E-state index in [1.165, 1.54) is 50.2 Å². The van der Waals surface area contributed by atoms with Crippen molar-refractivity contribution < 1.29 is 4.39 Å². The predicted octanol–water partition coefficient (Wildman–Crippen LogP) is 5.23. The zero-order valence-electron chi connectivity index (χ0n) is 15.6. The summed E-state index contributed by atoms with van der Waals surface area (Å²) < 4.78 is 15.7. The Balaban J connectivity index is 1.58. The molecule has 0 atom stereocenters. The minimum atomic E-state index is -0.204. The molecule has 0 spiro atoms. The SMILES string of the molecule is Fc1ccc(-c2ccn(CCCN3CCCCC3)c2-c2ccncc2)cc1. The first kappa shape index (κ1) is 17.9. The van der Waals surface area contributed by atoms with Crippen LogP contribution in [-0.2, 0) is 6.54 Å². The summed E-state index contributed by atoms with van der Waals surface area (Å²) >= 11 is 0. The Morgan fingerprint density at radius 1 is 0.815 bits per heavy atom. The number of hydrogen-bond acceptors (Lipinski definition) is 2. The van der Waals surface area contributed by atoms with Crippen LogP contribution in [0, 0.1) is 5.82 Å². The van der Waals surface area contributed by atoms with Crippen LogP contribution in [-0.4, -0.2) is 34.1 Å². The highest BCUT2D eigenvalue weighted by atomic mass is 19.1. The van der Waals surface area contributed by atoms with Crippen molar-refractivity contribution in [3.05, 3.63) is 66.9 Å². The molecule has 2 aromatic heterocycles. The summed E-state index contributed by atoms with van der Waals surface area (Å²) in [7, 11) is 0. The molecule has 3 heterocycles. The van der Waals surface area contributed by atoms with E-state index in [1.54, 1.807) is 0 Å². The smallest absolute Gasteiger partial charge is 0.123 e. The summed E-state index contributed by atoms with van der Waals surface area (Å²) in [6.45, 7) is 4.61. The van der Waals surface area contributed by atoms with Crippen molar-refractivity contribution in [2.45, 2.75) is 32.2 Å². The maximum atomic E-state index is 13.4. The number of halogens is 1. The molecular formula is C23H26FN3. The average Bonchev–Trinajstić information content (AvgIpc) is 3.14. The minimum Gasteiger partial charge on any atom is -0.347 e. The molecular weight excluding hydrogens is 337 g/mol. The maximum Gasteiger partial charge on any atom is 0.123 e. The number of likely N-dealkylation sites (tertiary alicyclic amines) is 1. The van der Waals surface area contributed by atoms with Gasteiger partial charge in [-0.05, 0) is 74.8 Å². The quantitative estimate of drug-likeness (QED) is 0.598. The van der Waals surface area contributed by atoms with Gasteiger partial charge in [-0.25, -0.2) is 4.39 Å². The second kappa shape index (κ2) is 8.49. The van der Waals surface area contributed by atoms with Crippen LogP contribution in [0.2, 0.25) is 0 Å². The molecule has 1 aliphatic rings. The molecule has 0 aliphatic carbocycles. The Hall–Kier alpha value is -2.46. The first-order valence-corrected chi connectivity index (χ1v) is 9.89. The summed E-state index contributed by atoms with van der Waals surface area (Å²) in [6, 6.07) is 13.0. The summed E-state index contributed by atoms with van der Waals surface area (Å²) in [6.07, 6.45) is 11.0. The van der Waals surface area contributed by atoms with Crippen LogP contribution in [0.15, 0.2) is 61.1 Å². The van der Waals surface area contributed by atoms with Crippen molar-refractivity contribution in [2.24, 2.45) is 0 Å². The van der Waals surface area contributed by atoms with Gasteiger partial charge in [-0.15, -0.1) is 0 Å². The Kier molecular flexibility index (Phi) is 5.64. The highest BCUT2D eigenvalue weighted by molar-refractivity contribution is 5.81. The third-order valence-corrected chi connectivity index (χ3v) is 5.39. The van der Waals surface area contributed by atoms with Crippen LogP contribution < -0.4 is 0 Å². The van der Waals surface area contributed by atoms with Crippen molar-refractivity contribution in [1.29, 1.82) is 0 Å². The topological polar surface area (TPSA) is 21.1 Å². The highest BCUT2D eigenvalue weighted by Gasteiger charge is 2.14. The largest absolute Gasteiger partial charge is 0.347 e. The van der Waals surface area contributed by atoms with Gasteiger partial charge >= 0.3 is 0 Å². The van der Waals surface area contributed by atoms with Crippen LogP contribution in [0.5, 0.6) is 0 Å². The Morgan fingerprint density at radius 3 is 2.30 bits per heavy atom. The molecule has 3 nitrogen and oxygen atoms in total. The van der Waals surface area contributed by atoms with E-state index in [2.05, 4.69) is 26.7 Å². The van der Waals surface area contributed by atoms with Gasteiger partial charge in [0.1, 0.15) is 5.82 Å². The third-order valence-electron chi connectivity index (χ3n) is 5.39. The van der Waals surface area contributed by atoms with Gasteiger partial charge < -0.3 is 9.47 Å². The molecule has 1 aromatic carbocycles. The fourth-order valence-electron chi connectivity index (χ4n) is 4.00. The van der Waals surface area contributed by atoms with Gasteiger partial charge in [0.25, 0.3) is 0 Å². The second-order valence-corrected chi connectivity index (χ2v) is 7.27. The molecule has 0 N–H and O–H groups in total. The number of hydrogen-bond donors (Lipinski definition) is 0. The van der Waals surface area contributed by atoms with E-state index in [0.29, 0.717) is 0 Å². The van der Waals surface area contributed by atoms with Crippen molar-refractivity contribution in [3.63, 3.8) is 0 Å². The van der Waals surface area contributed by atoms with Gasteiger partial charge in [-0.1, -0.05) is 18.6 Å². The maximum absolute atomic E-state index is 13.4. The average molecular weight is 363 g/mol. The van der Waals surface area contributed by atoms with E-state index >= 15 is 0 Å². The van der Waals surface area contributed by atoms with Crippen LogP contribution in [0.4, 0.5) is 4.39 Å². The van der Waals surface area contributed by atoms with Gasteiger partial charge in [0.05, 0.1) is 5.69 Å². The third kappa shape index (κ3) is 4.28. The normalized spacial score (nSPS) is 15.1. The van der Waals surface area contributed by atoms with Gasteiger partial charge in [-0.3, -0.25) is 4.98 Å². The molecule has 140 valence electrons. The molecule has 0 amide bonds. The lowest BCUT2D eigenvalue weighted by Crippen LogP contribution is -2.31. The van der Waals surface area contributed by atoms with Gasteiger partial charge in [0.15, 0.2) is 0 Å². The van der Waals surface area contributed by atoms with Crippen molar-refractivity contribution in [2.75, 3.05) is 19.6 Å². The van der Waals surface area contributed by atoms with Crippen molar-refractivity contribution in [1.82, 2.24) is 14.5 Å². The number of aromatic nitrogens is 2. The number of pyridine rings is 1. The van der Waals surface area contributed by atoms with E-state index in [9.17, 15) is 4.39 Å². The van der Waals surface area contributed by atoms with Gasteiger partial charge in [0, 0.05) is 36.3 Å². The van der Waals surface area contributed by atoms with Gasteiger partial charge in [-0.2, -0.15) is 0 Å². The lowest BCUT2D eigenvalue weighted by molar-refractivity contribution is 0.223. The number of aryl methyl sites for hydroxylation is 1. The monoisotopic (exact) mass is 363 g/mol. The van der Waals surface area contributed by atoms with E-state index < -0.39 is 0 Å². The first-order valence-electron chi connectivity index (χ1n) is 9.89. The van der Waals surface area contributed by atoms with Crippen LogP contribution in [0.3, 0.4) is 0 Å². The predicted molar refractivity (Wildman–Crippen MR) is 108 cm³/mol. The van der Waals surface area contributed by atoms with E-state index in [0.717, 1.165) is 36.2 Å². The minimum absolute atomic E-state index is 0.204. The number of nitrogens with zero attached hydrogens (tertiary/aromatic N) is 3. The molecule has 1 saturated heterocycles.